The Kier molecular flexibility index (Phi) is 5.37. The molecule has 0 amide bonds. The smallest absolute Gasteiger partial charge is 0.363 e. The van der Waals surface area contributed by atoms with E-state index in [2.05, 4.69) is 4.99 Å². The molecule has 1 heterocycles. The predicted octanol–water partition coefficient (Wildman–Crippen LogP) is 4.14. The zero-order chi connectivity index (χ0) is 18.5. The molecule has 0 spiro atoms. The lowest BCUT2D eigenvalue weighted by molar-refractivity contribution is -0.129. The molecule has 0 atom stereocenters. The summed E-state index contributed by atoms with van der Waals surface area (Å²) in [7, 11) is 0. The normalized spacial score (nSPS) is 15.0. The highest BCUT2D eigenvalue weighted by molar-refractivity contribution is 6.12. The van der Waals surface area contributed by atoms with E-state index in [1.165, 1.54) is 0 Å². The predicted molar refractivity (Wildman–Crippen MR) is 101 cm³/mol. The van der Waals surface area contributed by atoms with Gasteiger partial charge in [0.2, 0.25) is 5.90 Å². The third-order valence-corrected chi connectivity index (χ3v) is 3.79. The summed E-state index contributed by atoms with van der Waals surface area (Å²) in [4.78, 5) is 16.5. The van der Waals surface area contributed by atoms with Crippen LogP contribution < -0.4 is 9.47 Å². The summed E-state index contributed by atoms with van der Waals surface area (Å²) < 4.78 is 16.5. The fraction of sp³-hybridized carbons (Fsp3) is 0.238. The molecule has 26 heavy (non-hydrogen) atoms. The van der Waals surface area contributed by atoms with E-state index in [-0.39, 0.29) is 5.70 Å². The largest absolute Gasteiger partial charge is 0.490 e. The molecule has 0 N–H and O–H groups in total. The van der Waals surface area contributed by atoms with E-state index in [1.54, 1.807) is 6.08 Å². The van der Waals surface area contributed by atoms with Crippen molar-refractivity contribution >= 4 is 17.9 Å². The molecule has 0 fully saturated rings. The second kappa shape index (κ2) is 7.87. The maximum Gasteiger partial charge on any atom is 0.363 e. The monoisotopic (exact) mass is 351 g/mol. The fourth-order valence-corrected chi connectivity index (χ4v) is 2.54. The summed E-state index contributed by atoms with van der Waals surface area (Å²) in [5, 5.41) is 0. The minimum absolute atomic E-state index is 0.257. The number of cyclic esters (lactones) is 1. The zero-order valence-electron chi connectivity index (χ0n) is 15.1. The molecule has 5 nitrogen and oxygen atoms in total. The highest BCUT2D eigenvalue weighted by Crippen LogP contribution is 2.30. The molecule has 0 saturated heterocycles. The Labute approximate surface area is 152 Å². The lowest BCUT2D eigenvalue weighted by Crippen LogP contribution is -2.05. The van der Waals surface area contributed by atoms with Gasteiger partial charge in [-0.3, -0.25) is 0 Å². The molecule has 0 unspecified atom stereocenters. The third-order valence-electron chi connectivity index (χ3n) is 3.79. The molecule has 0 aliphatic carbocycles. The van der Waals surface area contributed by atoms with Crippen LogP contribution in [0.4, 0.5) is 0 Å². The first kappa shape index (κ1) is 17.7. The summed E-state index contributed by atoms with van der Waals surface area (Å²) in [6.07, 6.45) is 1.68. The minimum atomic E-state index is -0.465. The first-order chi connectivity index (χ1) is 12.6. The Morgan fingerprint density at radius 3 is 2.38 bits per heavy atom. The average molecular weight is 351 g/mol. The Morgan fingerprint density at radius 1 is 1.00 bits per heavy atom. The molecular weight excluding hydrogens is 330 g/mol. The van der Waals surface area contributed by atoms with Gasteiger partial charge in [-0.25, -0.2) is 9.79 Å². The highest BCUT2D eigenvalue weighted by Gasteiger charge is 2.24. The summed E-state index contributed by atoms with van der Waals surface area (Å²) in [5.74, 6) is 1.16. The molecule has 2 aromatic rings. The standard InChI is InChI=1S/C21H21NO4/c1-4-24-18-11-8-15(13-19(18)25-5-2)12-17-21(23)26-20(22-17)16-9-6-14(3)7-10-16/h6-13H,4-5H2,1-3H3/b17-12+. The van der Waals surface area contributed by atoms with Crippen LogP contribution in [0.3, 0.4) is 0 Å². The number of benzene rings is 2. The van der Waals surface area contributed by atoms with Crippen LogP contribution in [-0.2, 0) is 9.53 Å². The molecule has 2 aromatic carbocycles. The zero-order valence-corrected chi connectivity index (χ0v) is 15.1. The van der Waals surface area contributed by atoms with Gasteiger partial charge in [0, 0.05) is 5.56 Å². The van der Waals surface area contributed by atoms with Crippen LogP contribution in [0.5, 0.6) is 11.5 Å². The second-order valence-electron chi connectivity index (χ2n) is 5.77. The number of aliphatic imine (C=N–C) groups is 1. The number of carbonyl (C=O) groups is 1. The maximum absolute atomic E-state index is 12.1. The second-order valence-corrected chi connectivity index (χ2v) is 5.77. The van der Waals surface area contributed by atoms with Gasteiger partial charge in [0.1, 0.15) is 0 Å². The van der Waals surface area contributed by atoms with E-state index < -0.39 is 5.97 Å². The number of hydrogen-bond acceptors (Lipinski definition) is 5. The van der Waals surface area contributed by atoms with Crippen molar-refractivity contribution in [2.24, 2.45) is 4.99 Å². The Hall–Kier alpha value is -3.08. The molecule has 0 radical (unpaired) electrons. The fourth-order valence-electron chi connectivity index (χ4n) is 2.54. The number of hydrogen-bond donors (Lipinski definition) is 0. The van der Waals surface area contributed by atoms with Gasteiger partial charge < -0.3 is 14.2 Å². The SMILES string of the molecule is CCOc1ccc(/C=C2/N=C(c3ccc(C)cc3)OC2=O)cc1OCC. The van der Waals surface area contributed by atoms with E-state index in [9.17, 15) is 4.79 Å². The molecule has 0 bridgehead atoms. The van der Waals surface area contributed by atoms with Crippen molar-refractivity contribution < 1.29 is 19.0 Å². The Morgan fingerprint density at radius 2 is 1.69 bits per heavy atom. The maximum atomic E-state index is 12.1. The topological polar surface area (TPSA) is 57.1 Å². The number of ether oxygens (including phenoxy) is 3. The van der Waals surface area contributed by atoms with Crippen LogP contribution in [0.25, 0.3) is 6.08 Å². The number of carbonyl (C=O) groups excluding carboxylic acids is 1. The molecule has 5 heteroatoms. The van der Waals surface area contributed by atoms with E-state index in [4.69, 9.17) is 14.2 Å². The number of aryl methyl sites for hydroxylation is 1. The van der Waals surface area contributed by atoms with Gasteiger partial charge >= 0.3 is 5.97 Å². The lowest BCUT2D eigenvalue weighted by atomic mass is 10.1. The Bertz CT molecular complexity index is 866. The van der Waals surface area contributed by atoms with E-state index in [1.807, 2.05) is 63.2 Å². The minimum Gasteiger partial charge on any atom is -0.490 e. The van der Waals surface area contributed by atoms with Crippen LogP contribution in [0.1, 0.15) is 30.5 Å². The molecular formula is C21H21NO4. The molecule has 1 aliphatic heterocycles. The van der Waals surface area contributed by atoms with E-state index >= 15 is 0 Å². The van der Waals surface area contributed by atoms with Gasteiger partial charge in [-0.2, -0.15) is 0 Å². The van der Waals surface area contributed by atoms with Crippen LogP contribution in [0, 0.1) is 6.92 Å². The van der Waals surface area contributed by atoms with Crippen LogP contribution in [0.15, 0.2) is 53.2 Å². The van der Waals surface area contributed by atoms with Gasteiger partial charge in [0.05, 0.1) is 13.2 Å². The van der Waals surface area contributed by atoms with Crippen LogP contribution in [0.2, 0.25) is 0 Å². The summed E-state index contributed by atoms with van der Waals surface area (Å²) in [5.41, 5.74) is 2.95. The van der Waals surface area contributed by atoms with E-state index in [0.717, 1.165) is 16.7 Å². The molecule has 3 rings (SSSR count). The first-order valence-electron chi connectivity index (χ1n) is 8.60. The van der Waals surface area contributed by atoms with Crippen molar-refractivity contribution in [3.63, 3.8) is 0 Å². The molecule has 134 valence electrons. The average Bonchev–Trinajstić information content (AvgIpc) is 2.99. The molecule has 0 aromatic heterocycles. The van der Waals surface area contributed by atoms with Gasteiger partial charge in [-0.05, 0) is 56.7 Å². The molecule has 0 saturated carbocycles. The quantitative estimate of drug-likeness (QED) is 0.580. The highest BCUT2D eigenvalue weighted by atomic mass is 16.6. The van der Waals surface area contributed by atoms with Crippen molar-refractivity contribution in [2.75, 3.05) is 13.2 Å². The summed E-state index contributed by atoms with van der Waals surface area (Å²) in [6.45, 7) is 6.91. The van der Waals surface area contributed by atoms with Gasteiger partial charge in [-0.1, -0.05) is 23.8 Å². The van der Waals surface area contributed by atoms with Gasteiger partial charge in [0.25, 0.3) is 0 Å². The molecule has 1 aliphatic rings. The number of nitrogens with zero attached hydrogens (tertiary/aromatic N) is 1. The van der Waals surface area contributed by atoms with Crippen molar-refractivity contribution in [3.8, 4) is 11.5 Å². The van der Waals surface area contributed by atoms with Crippen molar-refractivity contribution in [1.29, 1.82) is 0 Å². The van der Waals surface area contributed by atoms with Crippen molar-refractivity contribution in [3.05, 3.63) is 64.9 Å². The number of rotatable bonds is 6. The third kappa shape index (κ3) is 3.94. The van der Waals surface area contributed by atoms with E-state index in [0.29, 0.717) is 30.6 Å². The van der Waals surface area contributed by atoms with Gasteiger partial charge in [0.15, 0.2) is 17.2 Å². The number of esters is 1. The lowest BCUT2D eigenvalue weighted by Gasteiger charge is -2.11. The van der Waals surface area contributed by atoms with Crippen molar-refractivity contribution in [2.45, 2.75) is 20.8 Å². The van der Waals surface area contributed by atoms with Gasteiger partial charge in [-0.15, -0.1) is 0 Å². The summed E-state index contributed by atoms with van der Waals surface area (Å²) >= 11 is 0. The van der Waals surface area contributed by atoms with Crippen LogP contribution >= 0.6 is 0 Å². The van der Waals surface area contributed by atoms with Crippen molar-refractivity contribution in [1.82, 2.24) is 0 Å². The van der Waals surface area contributed by atoms with Crippen LogP contribution in [-0.4, -0.2) is 25.1 Å². The Balaban J connectivity index is 1.90. The summed E-state index contributed by atoms with van der Waals surface area (Å²) in [6, 6.07) is 13.2. The first-order valence-corrected chi connectivity index (χ1v) is 8.60.